The van der Waals surface area contributed by atoms with Crippen LogP contribution in [0.4, 0.5) is 0 Å². The predicted molar refractivity (Wildman–Crippen MR) is 282 cm³/mol. The highest BCUT2D eigenvalue weighted by atomic mass is 16.5. The lowest BCUT2D eigenvalue weighted by atomic mass is 10.0. The molecule has 65 heavy (non-hydrogen) atoms. The zero-order valence-electron chi connectivity index (χ0n) is 42.9. The minimum Gasteiger partial charge on any atom is -0.462 e. The number of carbonyl (C=O) groups excluding carboxylic acids is 2. The van der Waals surface area contributed by atoms with Gasteiger partial charge in [-0.15, -0.1) is 0 Å². The van der Waals surface area contributed by atoms with Gasteiger partial charge in [0.1, 0.15) is 6.10 Å². The summed E-state index contributed by atoms with van der Waals surface area (Å²) in [6, 6.07) is -0.720. The SMILES string of the molecule is CCC/C=C/C=C/C=C/C=C/C=C/CCCCCC(CC(=O)NC(CO)C(O)CCCCCCCCCCCCCC)OC(=O)CCCCCCC/C=C/CCCCCCCCCCC. The Balaban J connectivity index is 4.66. The van der Waals surface area contributed by atoms with Crippen molar-refractivity contribution in [3.63, 3.8) is 0 Å². The van der Waals surface area contributed by atoms with Crippen LogP contribution in [0.3, 0.4) is 0 Å². The summed E-state index contributed by atoms with van der Waals surface area (Å²) in [6.45, 7) is 6.39. The number of nitrogens with one attached hydrogen (secondary N) is 1. The third-order valence-corrected chi connectivity index (χ3v) is 12.4. The molecule has 6 heteroatoms. The number of allylic oxidation sites excluding steroid dienone is 12. The smallest absolute Gasteiger partial charge is 0.306 e. The van der Waals surface area contributed by atoms with Gasteiger partial charge < -0.3 is 20.3 Å². The molecule has 3 atom stereocenters. The van der Waals surface area contributed by atoms with E-state index in [1.54, 1.807) is 0 Å². The van der Waals surface area contributed by atoms with Crippen LogP contribution in [-0.4, -0.2) is 46.9 Å². The molecule has 3 N–H and O–H groups in total. The Morgan fingerprint density at radius 3 is 1.31 bits per heavy atom. The van der Waals surface area contributed by atoms with Gasteiger partial charge in [0.25, 0.3) is 0 Å². The molecule has 0 aromatic carbocycles. The first-order valence-electron chi connectivity index (χ1n) is 27.7. The van der Waals surface area contributed by atoms with Crippen LogP contribution < -0.4 is 5.32 Å². The van der Waals surface area contributed by atoms with Gasteiger partial charge in [0.15, 0.2) is 0 Å². The van der Waals surface area contributed by atoms with Gasteiger partial charge in [-0.05, 0) is 70.6 Å². The van der Waals surface area contributed by atoms with Gasteiger partial charge in [-0.1, -0.05) is 254 Å². The third-order valence-electron chi connectivity index (χ3n) is 12.4. The van der Waals surface area contributed by atoms with Crippen LogP contribution in [0.2, 0.25) is 0 Å². The fraction of sp³-hybridized carbons (Fsp3) is 0.763. The van der Waals surface area contributed by atoms with E-state index in [0.29, 0.717) is 19.3 Å². The van der Waals surface area contributed by atoms with Crippen LogP contribution in [0, 0.1) is 0 Å². The molecule has 3 unspecified atom stereocenters. The number of unbranched alkanes of at least 4 members (excludes halogenated alkanes) is 29. The molecule has 0 aromatic heterocycles. The van der Waals surface area contributed by atoms with Crippen molar-refractivity contribution in [3.8, 4) is 0 Å². The van der Waals surface area contributed by atoms with Crippen molar-refractivity contribution in [2.75, 3.05) is 6.61 Å². The molecule has 0 radical (unpaired) electrons. The van der Waals surface area contributed by atoms with Crippen LogP contribution in [0.15, 0.2) is 72.9 Å². The summed E-state index contributed by atoms with van der Waals surface area (Å²) < 4.78 is 5.93. The zero-order valence-corrected chi connectivity index (χ0v) is 42.9. The fourth-order valence-corrected chi connectivity index (χ4v) is 8.16. The summed E-state index contributed by atoms with van der Waals surface area (Å²) in [4.78, 5) is 26.2. The van der Waals surface area contributed by atoms with Crippen molar-refractivity contribution in [2.24, 2.45) is 0 Å². The lowest BCUT2D eigenvalue weighted by Gasteiger charge is -2.24. The number of rotatable bonds is 49. The molecule has 0 heterocycles. The van der Waals surface area contributed by atoms with E-state index in [2.05, 4.69) is 62.5 Å². The molecule has 0 saturated heterocycles. The summed E-state index contributed by atoms with van der Waals surface area (Å²) in [7, 11) is 0. The summed E-state index contributed by atoms with van der Waals surface area (Å²) in [5.41, 5.74) is 0. The maximum atomic E-state index is 13.2. The maximum absolute atomic E-state index is 13.2. The van der Waals surface area contributed by atoms with Gasteiger partial charge in [0.2, 0.25) is 5.91 Å². The van der Waals surface area contributed by atoms with E-state index >= 15 is 0 Å². The lowest BCUT2D eigenvalue weighted by molar-refractivity contribution is -0.151. The highest BCUT2D eigenvalue weighted by molar-refractivity contribution is 5.77. The van der Waals surface area contributed by atoms with Gasteiger partial charge in [0.05, 0.1) is 25.2 Å². The average molecular weight is 908 g/mol. The van der Waals surface area contributed by atoms with E-state index in [1.165, 1.54) is 141 Å². The quantitative estimate of drug-likeness (QED) is 0.0245. The summed E-state index contributed by atoms with van der Waals surface area (Å²) in [5, 5.41) is 23.8. The van der Waals surface area contributed by atoms with E-state index in [0.717, 1.165) is 77.0 Å². The average Bonchev–Trinajstić information content (AvgIpc) is 3.30. The first-order valence-corrected chi connectivity index (χ1v) is 27.7. The topological polar surface area (TPSA) is 95.9 Å². The lowest BCUT2D eigenvalue weighted by Crippen LogP contribution is -2.46. The summed E-state index contributed by atoms with van der Waals surface area (Å²) in [6.07, 6.45) is 66.7. The second kappa shape index (κ2) is 52.3. The number of hydrogen-bond acceptors (Lipinski definition) is 5. The first-order chi connectivity index (χ1) is 32.0. The molecule has 376 valence electrons. The molecule has 0 spiro atoms. The van der Waals surface area contributed by atoms with E-state index in [4.69, 9.17) is 4.74 Å². The number of hydrogen-bond donors (Lipinski definition) is 3. The van der Waals surface area contributed by atoms with Crippen molar-refractivity contribution in [2.45, 2.75) is 283 Å². The molecule has 0 aliphatic heterocycles. The van der Waals surface area contributed by atoms with Crippen LogP contribution >= 0.6 is 0 Å². The second-order valence-corrected chi connectivity index (χ2v) is 18.8. The Morgan fingerprint density at radius 1 is 0.446 bits per heavy atom. The third kappa shape index (κ3) is 47.6. The Labute approximate surface area is 402 Å². The number of ether oxygens (including phenoxy) is 1. The minimum absolute atomic E-state index is 0.0443. The standard InChI is InChI=1S/C59H105NO5/c1-4-7-10-13-16-19-22-25-27-29-30-32-34-37-40-43-46-49-52-59(64)65-55(50-47-44-41-38-35-33-31-28-26-23-20-17-14-11-8-5-2)53-58(63)60-56(54-61)57(62)51-48-45-42-39-36-24-21-18-15-12-9-6-3/h11,14,17,20,23,26,28,30-33,35,55-57,61-62H,4-10,12-13,15-16,18-19,21-22,24-25,27,29,34,36-54H2,1-3H3,(H,60,63)/b14-11+,20-17+,26-23+,31-28+,32-30+,35-33+. The predicted octanol–water partition coefficient (Wildman–Crippen LogP) is 17.0. The maximum Gasteiger partial charge on any atom is 0.306 e. The number of aliphatic hydroxyl groups excluding tert-OH is 2. The molecular formula is C59H105NO5. The molecule has 0 saturated carbocycles. The number of aliphatic hydroxyl groups is 2. The molecule has 0 bridgehead atoms. The van der Waals surface area contributed by atoms with Gasteiger partial charge in [0, 0.05) is 6.42 Å². The van der Waals surface area contributed by atoms with Gasteiger partial charge in [-0.3, -0.25) is 9.59 Å². The summed E-state index contributed by atoms with van der Waals surface area (Å²) in [5.74, 6) is -0.523. The first kappa shape index (κ1) is 62.3. The van der Waals surface area contributed by atoms with Crippen LogP contribution in [0.1, 0.15) is 265 Å². The Hall–Kier alpha value is -2.70. The van der Waals surface area contributed by atoms with E-state index in [9.17, 15) is 19.8 Å². The highest BCUT2D eigenvalue weighted by Crippen LogP contribution is 2.17. The number of esters is 1. The molecule has 0 aromatic rings. The van der Waals surface area contributed by atoms with Gasteiger partial charge in [-0.25, -0.2) is 0 Å². The molecule has 6 nitrogen and oxygen atoms in total. The van der Waals surface area contributed by atoms with E-state index in [-0.39, 0.29) is 24.9 Å². The van der Waals surface area contributed by atoms with Crippen molar-refractivity contribution >= 4 is 11.9 Å². The minimum atomic E-state index is -0.804. The van der Waals surface area contributed by atoms with Crippen LogP contribution in [-0.2, 0) is 14.3 Å². The Kier molecular flexibility index (Phi) is 50.1. The van der Waals surface area contributed by atoms with Crippen molar-refractivity contribution in [1.29, 1.82) is 0 Å². The van der Waals surface area contributed by atoms with Gasteiger partial charge >= 0.3 is 5.97 Å². The second-order valence-electron chi connectivity index (χ2n) is 18.8. The highest BCUT2D eigenvalue weighted by Gasteiger charge is 2.24. The number of amides is 1. The molecule has 0 fully saturated rings. The number of carbonyl (C=O) groups is 2. The zero-order chi connectivity index (χ0) is 47.4. The fourth-order valence-electron chi connectivity index (χ4n) is 8.16. The van der Waals surface area contributed by atoms with E-state index in [1.807, 2.05) is 36.5 Å². The Morgan fingerprint density at radius 2 is 0.831 bits per heavy atom. The normalized spacial score (nSPS) is 13.7. The van der Waals surface area contributed by atoms with Crippen molar-refractivity contribution in [3.05, 3.63) is 72.9 Å². The van der Waals surface area contributed by atoms with Crippen molar-refractivity contribution < 1.29 is 24.5 Å². The van der Waals surface area contributed by atoms with E-state index < -0.39 is 18.2 Å². The largest absolute Gasteiger partial charge is 0.462 e. The van der Waals surface area contributed by atoms with Crippen molar-refractivity contribution in [1.82, 2.24) is 5.32 Å². The van der Waals surface area contributed by atoms with Gasteiger partial charge in [-0.2, -0.15) is 0 Å². The molecule has 0 rings (SSSR count). The molecule has 0 aliphatic rings. The molecule has 1 amide bonds. The molecular weight excluding hydrogens is 803 g/mol. The van der Waals surface area contributed by atoms with Crippen LogP contribution in [0.25, 0.3) is 0 Å². The summed E-state index contributed by atoms with van der Waals surface area (Å²) >= 11 is 0. The molecule has 0 aliphatic carbocycles. The van der Waals surface area contributed by atoms with Crippen LogP contribution in [0.5, 0.6) is 0 Å². The Bertz CT molecular complexity index is 1200. The monoisotopic (exact) mass is 908 g/mol.